The summed E-state index contributed by atoms with van der Waals surface area (Å²) in [5, 5.41) is 4.44. The van der Waals surface area contributed by atoms with Crippen molar-refractivity contribution in [2.75, 3.05) is 33.3 Å². The van der Waals surface area contributed by atoms with E-state index in [4.69, 9.17) is 4.74 Å². The van der Waals surface area contributed by atoms with Gasteiger partial charge in [0.15, 0.2) is 5.82 Å². The molecule has 0 saturated carbocycles. The number of rotatable bonds is 6. The fourth-order valence-corrected chi connectivity index (χ4v) is 4.15. The quantitative estimate of drug-likeness (QED) is 0.570. The van der Waals surface area contributed by atoms with E-state index in [2.05, 4.69) is 15.1 Å². The van der Waals surface area contributed by atoms with Gasteiger partial charge in [0.05, 0.1) is 13.5 Å². The van der Waals surface area contributed by atoms with Crippen molar-refractivity contribution in [2.24, 2.45) is 0 Å². The van der Waals surface area contributed by atoms with Crippen molar-refractivity contribution in [3.8, 4) is 5.75 Å². The largest absolute Gasteiger partial charge is 0.497 e. The van der Waals surface area contributed by atoms with E-state index in [9.17, 15) is 9.59 Å². The van der Waals surface area contributed by atoms with Crippen LogP contribution in [-0.4, -0.2) is 74.5 Å². The van der Waals surface area contributed by atoms with E-state index in [-0.39, 0.29) is 18.2 Å². The van der Waals surface area contributed by atoms with Crippen LogP contribution >= 0.6 is 0 Å². The summed E-state index contributed by atoms with van der Waals surface area (Å²) >= 11 is 0. The number of carbonyl (C=O) groups is 2. The zero-order valence-electron chi connectivity index (χ0n) is 19.5. The molecule has 0 aliphatic carbocycles. The normalized spacial score (nSPS) is 14.4. The van der Waals surface area contributed by atoms with Crippen LogP contribution in [0.5, 0.6) is 5.75 Å². The van der Waals surface area contributed by atoms with Gasteiger partial charge in [0.25, 0.3) is 5.78 Å². The summed E-state index contributed by atoms with van der Waals surface area (Å²) in [4.78, 5) is 38.1. The van der Waals surface area contributed by atoms with E-state index in [1.165, 1.54) is 0 Å². The summed E-state index contributed by atoms with van der Waals surface area (Å²) < 4.78 is 6.84. The van der Waals surface area contributed by atoms with Gasteiger partial charge in [0.2, 0.25) is 11.8 Å². The van der Waals surface area contributed by atoms with Gasteiger partial charge in [-0.1, -0.05) is 12.1 Å². The van der Waals surface area contributed by atoms with E-state index < -0.39 is 0 Å². The van der Waals surface area contributed by atoms with Gasteiger partial charge in [0, 0.05) is 44.0 Å². The molecule has 3 heterocycles. The molecule has 0 unspecified atom stereocenters. The van der Waals surface area contributed by atoms with Crippen molar-refractivity contribution in [3.63, 3.8) is 0 Å². The van der Waals surface area contributed by atoms with Gasteiger partial charge in [-0.2, -0.15) is 4.98 Å². The lowest BCUT2D eigenvalue weighted by Gasteiger charge is -2.22. The number of aromatic nitrogens is 4. The average molecular weight is 451 g/mol. The van der Waals surface area contributed by atoms with E-state index in [1.54, 1.807) is 11.6 Å². The standard InChI is InChI=1S/C24H30N6O3/c1-17-15-18(2)30-24(25-17)26-21(27-30)16-23(32)29-12-4-11-28(13-14-29)22(31)10-7-19-5-8-20(33-3)9-6-19/h5-6,8-9,15H,4,7,10-14,16H2,1-3H3. The molecule has 0 radical (unpaired) electrons. The molecule has 0 N–H and O–H groups in total. The number of hydrogen-bond donors (Lipinski definition) is 0. The molecule has 9 heteroatoms. The Bertz CT molecular complexity index is 1140. The van der Waals surface area contributed by atoms with Crippen molar-refractivity contribution >= 4 is 17.6 Å². The molecule has 9 nitrogen and oxygen atoms in total. The topological polar surface area (TPSA) is 92.9 Å². The lowest BCUT2D eigenvalue weighted by Crippen LogP contribution is -2.38. The number of methoxy groups -OCH3 is 1. The number of nitrogens with zero attached hydrogens (tertiary/aromatic N) is 6. The Hall–Kier alpha value is -3.49. The summed E-state index contributed by atoms with van der Waals surface area (Å²) in [6, 6.07) is 9.72. The SMILES string of the molecule is COc1ccc(CCC(=O)N2CCCN(C(=O)Cc3nc4nc(C)cc(C)n4n3)CC2)cc1. The molecule has 4 rings (SSSR count). The summed E-state index contributed by atoms with van der Waals surface area (Å²) in [7, 11) is 1.64. The first-order valence-corrected chi connectivity index (χ1v) is 11.3. The van der Waals surface area contributed by atoms with Gasteiger partial charge >= 0.3 is 0 Å². The van der Waals surface area contributed by atoms with Gasteiger partial charge in [-0.15, -0.1) is 5.10 Å². The molecule has 2 amide bonds. The highest BCUT2D eigenvalue weighted by Crippen LogP contribution is 2.14. The first kappa shape index (κ1) is 22.7. The third-order valence-corrected chi connectivity index (χ3v) is 5.96. The molecule has 0 spiro atoms. The van der Waals surface area contributed by atoms with Crippen LogP contribution in [0.4, 0.5) is 0 Å². The molecule has 174 valence electrons. The van der Waals surface area contributed by atoms with Gasteiger partial charge in [-0.25, -0.2) is 9.50 Å². The third-order valence-electron chi connectivity index (χ3n) is 5.96. The zero-order valence-corrected chi connectivity index (χ0v) is 19.5. The number of fused-ring (bicyclic) bond motifs is 1. The van der Waals surface area contributed by atoms with E-state index >= 15 is 0 Å². The van der Waals surface area contributed by atoms with Crippen LogP contribution in [0.15, 0.2) is 30.3 Å². The second-order valence-electron chi connectivity index (χ2n) is 8.42. The van der Waals surface area contributed by atoms with Crippen molar-refractivity contribution < 1.29 is 14.3 Å². The number of benzene rings is 1. The molecule has 0 atom stereocenters. The molecular formula is C24H30N6O3. The molecular weight excluding hydrogens is 420 g/mol. The van der Waals surface area contributed by atoms with Crippen LogP contribution in [0.25, 0.3) is 5.78 Å². The second kappa shape index (κ2) is 9.97. The molecule has 0 bridgehead atoms. The Morgan fingerprint density at radius 3 is 2.36 bits per heavy atom. The predicted molar refractivity (Wildman–Crippen MR) is 123 cm³/mol. The smallest absolute Gasteiger partial charge is 0.252 e. The lowest BCUT2D eigenvalue weighted by molar-refractivity contribution is -0.133. The Morgan fingerprint density at radius 2 is 1.67 bits per heavy atom. The minimum Gasteiger partial charge on any atom is -0.497 e. The minimum absolute atomic E-state index is 0.0205. The maximum Gasteiger partial charge on any atom is 0.252 e. The van der Waals surface area contributed by atoms with Crippen LogP contribution in [0.3, 0.4) is 0 Å². The Labute approximate surface area is 193 Å². The minimum atomic E-state index is -0.0205. The maximum absolute atomic E-state index is 12.9. The van der Waals surface area contributed by atoms with Crippen molar-refractivity contribution in [2.45, 2.75) is 39.5 Å². The molecule has 1 aliphatic rings. The van der Waals surface area contributed by atoms with Crippen LogP contribution in [0.2, 0.25) is 0 Å². The first-order chi connectivity index (χ1) is 15.9. The fraction of sp³-hybridized carbons (Fsp3) is 0.458. The first-order valence-electron chi connectivity index (χ1n) is 11.3. The van der Waals surface area contributed by atoms with Crippen molar-refractivity contribution in [1.82, 2.24) is 29.4 Å². The number of ether oxygens (including phenoxy) is 1. The monoisotopic (exact) mass is 450 g/mol. The fourth-order valence-electron chi connectivity index (χ4n) is 4.15. The Balaban J connectivity index is 1.30. The highest BCUT2D eigenvalue weighted by Gasteiger charge is 2.23. The van der Waals surface area contributed by atoms with Crippen LogP contribution < -0.4 is 4.74 Å². The van der Waals surface area contributed by atoms with Crippen molar-refractivity contribution in [1.29, 1.82) is 0 Å². The van der Waals surface area contributed by atoms with E-state index in [0.29, 0.717) is 50.6 Å². The second-order valence-corrected chi connectivity index (χ2v) is 8.42. The molecule has 1 fully saturated rings. The highest BCUT2D eigenvalue weighted by atomic mass is 16.5. The maximum atomic E-state index is 12.9. The number of hydrogen-bond acceptors (Lipinski definition) is 6. The molecule has 2 aromatic heterocycles. The summed E-state index contributed by atoms with van der Waals surface area (Å²) in [5.41, 5.74) is 2.91. The van der Waals surface area contributed by atoms with Gasteiger partial charge < -0.3 is 14.5 Å². The molecule has 1 aliphatic heterocycles. The van der Waals surface area contributed by atoms with Gasteiger partial charge in [0.1, 0.15) is 5.75 Å². The summed E-state index contributed by atoms with van der Waals surface area (Å²) in [6.45, 7) is 6.22. The van der Waals surface area contributed by atoms with Gasteiger partial charge in [-0.05, 0) is 50.5 Å². The van der Waals surface area contributed by atoms with Gasteiger partial charge in [-0.3, -0.25) is 9.59 Å². The number of aryl methyl sites for hydroxylation is 3. The molecule has 3 aromatic rings. The average Bonchev–Trinajstić information content (AvgIpc) is 3.04. The summed E-state index contributed by atoms with van der Waals surface area (Å²) in [5.74, 6) is 1.90. The Morgan fingerprint density at radius 1 is 0.970 bits per heavy atom. The molecule has 1 aromatic carbocycles. The number of carbonyl (C=O) groups excluding carboxylic acids is 2. The summed E-state index contributed by atoms with van der Waals surface area (Å²) in [6.07, 6.45) is 2.04. The zero-order chi connectivity index (χ0) is 23.4. The molecule has 1 saturated heterocycles. The van der Waals surface area contributed by atoms with E-state index in [1.807, 2.05) is 54.0 Å². The van der Waals surface area contributed by atoms with E-state index in [0.717, 1.165) is 29.1 Å². The highest BCUT2D eigenvalue weighted by molar-refractivity contribution is 5.79. The Kier molecular flexibility index (Phi) is 6.86. The third kappa shape index (κ3) is 5.47. The van der Waals surface area contributed by atoms with Crippen LogP contribution in [0.1, 0.15) is 35.6 Å². The predicted octanol–water partition coefficient (Wildman–Crippen LogP) is 1.99. The van der Waals surface area contributed by atoms with Crippen molar-refractivity contribution in [3.05, 3.63) is 53.1 Å². The van der Waals surface area contributed by atoms with Crippen LogP contribution in [-0.2, 0) is 22.4 Å². The molecule has 33 heavy (non-hydrogen) atoms. The lowest BCUT2D eigenvalue weighted by atomic mass is 10.1. The number of amides is 2. The van der Waals surface area contributed by atoms with Crippen LogP contribution in [0, 0.1) is 13.8 Å².